The van der Waals surface area contributed by atoms with Crippen molar-refractivity contribution in [3.05, 3.63) is 42.1 Å². The third kappa shape index (κ3) is 6.19. The Kier molecular flexibility index (Phi) is 7.30. The van der Waals surface area contributed by atoms with Crippen LogP contribution in [-0.2, 0) is 0 Å². The van der Waals surface area contributed by atoms with Crippen molar-refractivity contribution in [2.75, 3.05) is 25.0 Å². The molecular formula is C24H33N5O. The zero-order valence-corrected chi connectivity index (χ0v) is 18.2. The molecule has 0 radical (unpaired) electrons. The number of nitrogens with zero attached hydrogens (tertiary/aromatic N) is 2. The van der Waals surface area contributed by atoms with Crippen molar-refractivity contribution in [3.63, 3.8) is 0 Å². The number of rotatable bonds is 8. The van der Waals surface area contributed by atoms with E-state index in [1.807, 2.05) is 37.3 Å². The second-order valence-electron chi connectivity index (χ2n) is 8.96. The van der Waals surface area contributed by atoms with Gasteiger partial charge in [-0.15, -0.1) is 0 Å². The summed E-state index contributed by atoms with van der Waals surface area (Å²) >= 11 is 0. The fraction of sp³-hybridized carbons (Fsp3) is 0.500. The highest BCUT2D eigenvalue weighted by Crippen LogP contribution is 2.28. The van der Waals surface area contributed by atoms with Crippen LogP contribution >= 0.6 is 0 Å². The summed E-state index contributed by atoms with van der Waals surface area (Å²) in [6.07, 6.45) is 4.85. The van der Waals surface area contributed by atoms with E-state index in [0.717, 1.165) is 49.3 Å². The van der Waals surface area contributed by atoms with Crippen LogP contribution in [0.1, 0.15) is 45.6 Å². The third-order valence-electron chi connectivity index (χ3n) is 5.32. The molecule has 0 spiro atoms. The van der Waals surface area contributed by atoms with Crippen molar-refractivity contribution in [2.24, 2.45) is 11.7 Å². The molecule has 1 unspecified atom stereocenters. The number of hydrogen-bond acceptors (Lipinski definition) is 6. The van der Waals surface area contributed by atoms with Crippen LogP contribution in [0.15, 0.2) is 36.5 Å². The van der Waals surface area contributed by atoms with Crippen molar-refractivity contribution < 1.29 is 4.74 Å². The molecule has 30 heavy (non-hydrogen) atoms. The number of nitriles is 1. The predicted molar refractivity (Wildman–Crippen MR) is 121 cm³/mol. The molecule has 1 saturated heterocycles. The number of piperidine rings is 1. The van der Waals surface area contributed by atoms with E-state index in [2.05, 4.69) is 35.5 Å². The molecule has 1 aromatic heterocycles. The number of anilines is 1. The summed E-state index contributed by atoms with van der Waals surface area (Å²) in [6, 6.07) is 12.4. The highest BCUT2D eigenvalue weighted by Gasteiger charge is 2.22. The summed E-state index contributed by atoms with van der Waals surface area (Å²) in [5.41, 5.74) is 8.41. The van der Waals surface area contributed by atoms with Crippen LogP contribution < -0.4 is 21.1 Å². The molecule has 6 heteroatoms. The molecule has 0 amide bonds. The standard InChI is InChI=1S/C24H33N5O/c1-17(2)14-24(3,26)16-30-22-5-4-18(12-20(22)15-25)19-6-11-28-23(13-19)29-21-7-9-27-10-8-21/h4-6,11-13,17,21,27H,7-10,14,16,26H2,1-3H3,(H,28,29). The predicted octanol–water partition coefficient (Wildman–Crippen LogP) is 3.93. The van der Waals surface area contributed by atoms with Crippen LogP contribution in [0, 0.1) is 17.2 Å². The molecule has 160 valence electrons. The lowest BCUT2D eigenvalue weighted by molar-refractivity contribution is 0.206. The summed E-state index contributed by atoms with van der Waals surface area (Å²) in [5, 5.41) is 16.5. The summed E-state index contributed by atoms with van der Waals surface area (Å²) in [6.45, 7) is 8.71. The number of aromatic nitrogens is 1. The van der Waals surface area contributed by atoms with E-state index in [9.17, 15) is 5.26 Å². The van der Waals surface area contributed by atoms with E-state index in [1.54, 1.807) is 6.20 Å². The maximum absolute atomic E-state index is 9.64. The minimum Gasteiger partial charge on any atom is -0.490 e. The van der Waals surface area contributed by atoms with Gasteiger partial charge in [0.1, 0.15) is 24.2 Å². The maximum Gasteiger partial charge on any atom is 0.137 e. The Morgan fingerprint density at radius 2 is 2.00 bits per heavy atom. The maximum atomic E-state index is 9.64. The van der Waals surface area contributed by atoms with Crippen molar-refractivity contribution >= 4 is 5.82 Å². The minimum absolute atomic E-state index is 0.374. The molecule has 4 N–H and O–H groups in total. The fourth-order valence-corrected chi connectivity index (χ4v) is 4.02. The topological polar surface area (TPSA) is 96.0 Å². The average Bonchev–Trinajstić information content (AvgIpc) is 2.72. The van der Waals surface area contributed by atoms with Gasteiger partial charge in [-0.2, -0.15) is 5.26 Å². The van der Waals surface area contributed by atoms with Gasteiger partial charge < -0.3 is 21.1 Å². The van der Waals surface area contributed by atoms with Crippen LogP contribution in [0.3, 0.4) is 0 Å². The first-order valence-corrected chi connectivity index (χ1v) is 10.8. The highest BCUT2D eigenvalue weighted by molar-refractivity contribution is 5.69. The fourth-order valence-electron chi connectivity index (χ4n) is 4.02. The number of nitrogens with one attached hydrogen (secondary N) is 2. The van der Waals surface area contributed by atoms with Gasteiger partial charge in [-0.1, -0.05) is 19.9 Å². The number of benzene rings is 1. The minimum atomic E-state index is -0.431. The van der Waals surface area contributed by atoms with Crippen molar-refractivity contribution in [1.29, 1.82) is 5.26 Å². The molecule has 1 aromatic carbocycles. The molecule has 2 aromatic rings. The molecule has 0 bridgehead atoms. The first kappa shape index (κ1) is 22.1. The van der Waals surface area contributed by atoms with Crippen molar-refractivity contribution in [1.82, 2.24) is 10.3 Å². The molecule has 2 heterocycles. The average molecular weight is 408 g/mol. The van der Waals surface area contributed by atoms with Gasteiger partial charge in [-0.25, -0.2) is 4.98 Å². The van der Waals surface area contributed by atoms with Crippen LogP contribution in [0.5, 0.6) is 5.75 Å². The molecular weight excluding hydrogens is 374 g/mol. The molecule has 6 nitrogen and oxygen atoms in total. The van der Waals surface area contributed by atoms with Crippen molar-refractivity contribution in [2.45, 2.75) is 51.6 Å². The van der Waals surface area contributed by atoms with Gasteiger partial charge in [-0.05, 0) is 80.6 Å². The monoisotopic (exact) mass is 407 g/mol. The lowest BCUT2D eigenvalue weighted by Gasteiger charge is -2.27. The summed E-state index contributed by atoms with van der Waals surface area (Å²) in [7, 11) is 0. The number of pyridine rings is 1. The lowest BCUT2D eigenvalue weighted by atomic mass is 9.93. The first-order chi connectivity index (χ1) is 14.4. The smallest absolute Gasteiger partial charge is 0.137 e. The zero-order valence-electron chi connectivity index (χ0n) is 18.2. The van der Waals surface area contributed by atoms with Gasteiger partial charge >= 0.3 is 0 Å². The van der Waals surface area contributed by atoms with Gasteiger partial charge in [0.05, 0.1) is 5.56 Å². The second-order valence-corrected chi connectivity index (χ2v) is 8.96. The number of ether oxygens (including phenoxy) is 1. The Hall–Kier alpha value is -2.62. The first-order valence-electron chi connectivity index (χ1n) is 10.8. The van der Waals surface area contributed by atoms with E-state index in [1.165, 1.54) is 0 Å². The van der Waals surface area contributed by atoms with E-state index in [4.69, 9.17) is 10.5 Å². The van der Waals surface area contributed by atoms with Crippen LogP contribution in [0.2, 0.25) is 0 Å². The van der Waals surface area contributed by atoms with Crippen molar-refractivity contribution in [3.8, 4) is 22.9 Å². The molecule has 1 aliphatic rings. The molecule has 3 rings (SSSR count). The summed E-state index contributed by atoms with van der Waals surface area (Å²) in [5.74, 6) is 1.93. The Bertz CT molecular complexity index is 881. The van der Waals surface area contributed by atoms with E-state index in [0.29, 0.717) is 29.9 Å². The molecule has 1 fully saturated rings. The van der Waals surface area contributed by atoms with Gasteiger partial charge in [0.15, 0.2) is 0 Å². The highest BCUT2D eigenvalue weighted by atomic mass is 16.5. The molecule has 0 aliphatic carbocycles. The molecule has 1 atom stereocenters. The van der Waals surface area contributed by atoms with Gasteiger partial charge in [-0.3, -0.25) is 0 Å². The Morgan fingerprint density at radius 1 is 1.27 bits per heavy atom. The number of hydrogen-bond donors (Lipinski definition) is 3. The van der Waals surface area contributed by atoms with Crippen LogP contribution in [0.25, 0.3) is 11.1 Å². The van der Waals surface area contributed by atoms with Gasteiger partial charge in [0, 0.05) is 17.8 Å². The largest absolute Gasteiger partial charge is 0.490 e. The van der Waals surface area contributed by atoms with E-state index < -0.39 is 5.54 Å². The molecule has 1 aliphatic heterocycles. The Labute approximate surface area is 179 Å². The third-order valence-corrected chi connectivity index (χ3v) is 5.32. The van der Waals surface area contributed by atoms with E-state index >= 15 is 0 Å². The van der Waals surface area contributed by atoms with Crippen LogP contribution in [-0.4, -0.2) is 36.3 Å². The number of nitrogens with two attached hydrogens (primary N) is 1. The summed E-state index contributed by atoms with van der Waals surface area (Å²) in [4.78, 5) is 4.46. The van der Waals surface area contributed by atoms with E-state index in [-0.39, 0.29) is 0 Å². The van der Waals surface area contributed by atoms with Crippen LogP contribution in [0.4, 0.5) is 5.82 Å². The quantitative estimate of drug-likeness (QED) is 0.614. The zero-order chi connectivity index (χ0) is 21.6. The SMILES string of the molecule is CC(C)CC(C)(N)COc1ccc(-c2ccnc(NC3CCNCC3)c2)cc1C#N. The summed E-state index contributed by atoms with van der Waals surface area (Å²) < 4.78 is 5.93. The second kappa shape index (κ2) is 9.92. The lowest BCUT2D eigenvalue weighted by Crippen LogP contribution is -2.43. The van der Waals surface area contributed by atoms with Gasteiger partial charge in [0.25, 0.3) is 0 Å². The van der Waals surface area contributed by atoms with Gasteiger partial charge in [0.2, 0.25) is 0 Å². The Balaban J connectivity index is 1.73. The molecule has 0 saturated carbocycles. The normalized spacial score (nSPS) is 16.7. The Morgan fingerprint density at radius 3 is 2.70 bits per heavy atom.